The fourth-order valence-corrected chi connectivity index (χ4v) is 2.46. The Morgan fingerprint density at radius 1 is 0.652 bits per heavy atom. The zero-order chi connectivity index (χ0) is 17.7. The van der Waals surface area contributed by atoms with E-state index in [0.717, 1.165) is 24.3 Å². The molecule has 9 nitrogen and oxygen atoms in total. The van der Waals surface area contributed by atoms with E-state index in [1.165, 1.54) is 24.3 Å². The van der Waals surface area contributed by atoms with E-state index >= 15 is 0 Å². The minimum atomic E-state index is -4.26. The van der Waals surface area contributed by atoms with Crippen molar-refractivity contribution in [3.8, 4) is 11.5 Å². The highest BCUT2D eigenvalue weighted by Gasteiger charge is 2.10. The second kappa shape index (κ2) is 7.50. The van der Waals surface area contributed by atoms with Gasteiger partial charge in [0.1, 0.15) is 11.5 Å². The van der Waals surface area contributed by atoms with Gasteiger partial charge in [-0.2, -0.15) is 16.8 Å². The largest absolute Gasteiger partial charge is 0.457 e. The molecule has 0 bridgehead atoms. The van der Waals surface area contributed by atoms with Crippen molar-refractivity contribution in [2.75, 3.05) is 0 Å². The highest BCUT2D eigenvalue weighted by molar-refractivity contribution is 7.86. The first-order valence-electron chi connectivity index (χ1n) is 5.82. The molecule has 0 heterocycles. The van der Waals surface area contributed by atoms with Gasteiger partial charge in [-0.05, 0) is 48.5 Å². The van der Waals surface area contributed by atoms with Gasteiger partial charge >= 0.3 is 0 Å². The quantitative estimate of drug-likeness (QED) is 0.349. The number of hydrazine groups is 1. The first-order valence-corrected chi connectivity index (χ1v) is 8.70. The van der Waals surface area contributed by atoms with Gasteiger partial charge in [0.15, 0.2) is 0 Å². The molecule has 0 saturated carbocycles. The Bertz CT molecular complexity index is 772. The zero-order valence-corrected chi connectivity index (χ0v) is 13.2. The molecule has 6 N–H and O–H groups in total. The second-order valence-corrected chi connectivity index (χ2v) is 6.84. The number of nitrogens with two attached hydrogens (primary N) is 2. The third-order valence-electron chi connectivity index (χ3n) is 2.48. The van der Waals surface area contributed by atoms with E-state index in [1.54, 1.807) is 0 Å². The topological polar surface area (TPSA) is 170 Å². The SMILES string of the molecule is NN.O=S(=O)(O)c1ccc(Oc2ccc(S(=O)(=O)O)cc2)cc1. The smallest absolute Gasteiger partial charge is 0.294 e. The van der Waals surface area contributed by atoms with E-state index in [1.807, 2.05) is 0 Å². The van der Waals surface area contributed by atoms with Crippen LogP contribution in [-0.2, 0) is 20.2 Å². The van der Waals surface area contributed by atoms with Gasteiger partial charge in [-0.1, -0.05) is 0 Å². The molecule has 126 valence electrons. The number of hydrogen-bond donors (Lipinski definition) is 4. The van der Waals surface area contributed by atoms with E-state index in [4.69, 9.17) is 13.8 Å². The molecule has 0 aliphatic heterocycles. The number of ether oxygens (including phenoxy) is 1. The van der Waals surface area contributed by atoms with E-state index in [0.29, 0.717) is 11.5 Å². The fourth-order valence-electron chi connectivity index (χ4n) is 1.50. The Morgan fingerprint density at radius 3 is 1.13 bits per heavy atom. The molecule has 0 fully saturated rings. The molecule has 0 aliphatic rings. The van der Waals surface area contributed by atoms with Gasteiger partial charge in [-0.3, -0.25) is 20.8 Å². The van der Waals surface area contributed by atoms with Crippen molar-refractivity contribution in [2.45, 2.75) is 9.79 Å². The van der Waals surface area contributed by atoms with Crippen LogP contribution in [0, 0.1) is 0 Å². The summed E-state index contributed by atoms with van der Waals surface area (Å²) in [5.74, 6) is 8.59. The number of hydrogen-bond acceptors (Lipinski definition) is 7. The van der Waals surface area contributed by atoms with E-state index < -0.39 is 20.2 Å². The molecule has 0 aromatic heterocycles. The average molecular weight is 362 g/mol. The summed E-state index contributed by atoms with van der Waals surface area (Å²) in [5.41, 5.74) is 0. The van der Waals surface area contributed by atoms with Crippen molar-refractivity contribution >= 4 is 20.2 Å². The summed E-state index contributed by atoms with van der Waals surface area (Å²) in [7, 11) is -8.53. The Labute approximate surface area is 133 Å². The lowest BCUT2D eigenvalue weighted by atomic mass is 10.3. The normalized spacial score (nSPS) is 11.3. The minimum Gasteiger partial charge on any atom is -0.457 e. The first-order chi connectivity index (χ1) is 10.7. The van der Waals surface area contributed by atoms with Crippen LogP contribution in [0.25, 0.3) is 0 Å². The Balaban J connectivity index is 0.00000127. The molecule has 0 radical (unpaired) electrons. The van der Waals surface area contributed by atoms with Crippen LogP contribution in [0.3, 0.4) is 0 Å². The lowest BCUT2D eigenvalue weighted by Gasteiger charge is -2.06. The van der Waals surface area contributed by atoms with Crippen molar-refractivity contribution in [3.05, 3.63) is 48.5 Å². The van der Waals surface area contributed by atoms with Crippen LogP contribution in [0.15, 0.2) is 58.3 Å². The summed E-state index contributed by atoms with van der Waals surface area (Å²) in [6.07, 6.45) is 0. The third-order valence-corrected chi connectivity index (χ3v) is 4.21. The Morgan fingerprint density at radius 2 is 0.913 bits per heavy atom. The molecule has 2 aromatic carbocycles. The van der Waals surface area contributed by atoms with Crippen LogP contribution < -0.4 is 16.4 Å². The maximum Gasteiger partial charge on any atom is 0.294 e. The van der Waals surface area contributed by atoms with Crippen LogP contribution in [0.4, 0.5) is 0 Å². The Hall–Kier alpha value is -2.02. The predicted molar refractivity (Wildman–Crippen MR) is 81.0 cm³/mol. The lowest BCUT2D eigenvalue weighted by Crippen LogP contribution is -2.02. The highest BCUT2D eigenvalue weighted by Crippen LogP contribution is 2.24. The molecule has 0 unspecified atom stereocenters. The predicted octanol–water partition coefficient (Wildman–Crippen LogP) is 0.791. The maximum absolute atomic E-state index is 10.9. The number of rotatable bonds is 4. The lowest BCUT2D eigenvalue weighted by molar-refractivity contribution is 0.476. The molecule has 0 amide bonds. The first kappa shape index (κ1) is 19.0. The van der Waals surface area contributed by atoms with Gasteiger partial charge in [0.05, 0.1) is 9.79 Å². The van der Waals surface area contributed by atoms with Gasteiger partial charge in [-0.25, -0.2) is 0 Å². The molecule has 2 aromatic rings. The van der Waals surface area contributed by atoms with E-state index in [-0.39, 0.29) is 9.79 Å². The van der Waals surface area contributed by atoms with Crippen LogP contribution in [-0.4, -0.2) is 25.9 Å². The summed E-state index contributed by atoms with van der Waals surface area (Å²) in [6.45, 7) is 0. The van der Waals surface area contributed by atoms with Crippen molar-refractivity contribution in [3.63, 3.8) is 0 Å². The van der Waals surface area contributed by atoms with E-state index in [2.05, 4.69) is 11.7 Å². The monoisotopic (exact) mass is 362 g/mol. The van der Waals surface area contributed by atoms with Gasteiger partial charge in [0, 0.05) is 0 Å². The van der Waals surface area contributed by atoms with Crippen LogP contribution in [0.1, 0.15) is 0 Å². The summed E-state index contributed by atoms with van der Waals surface area (Å²) in [5, 5.41) is 0. The van der Waals surface area contributed by atoms with Crippen molar-refractivity contribution < 1.29 is 30.7 Å². The van der Waals surface area contributed by atoms with Gasteiger partial charge < -0.3 is 4.74 Å². The average Bonchev–Trinajstić information content (AvgIpc) is 2.48. The summed E-state index contributed by atoms with van der Waals surface area (Å²) < 4.78 is 66.5. The zero-order valence-electron chi connectivity index (χ0n) is 11.5. The highest BCUT2D eigenvalue weighted by atomic mass is 32.2. The molecule has 0 atom stereocenters. The minimum absolute atomic E-state index is 0.267. The summed E-state index contributed by atoms with van der Waals surface area (Å²) >= 11 is 0. The number of benzene rings is 2. The van der Waals surface area contributed by atoms with Gasteiger partial charge in [0.25, 0.3) is 20.2 Å². The molecule has 0 aliphatic carbocycles. The van der Waals surface area contributed by atoms with Crippen LogP contribution in [0.5, 0.6) is 11.5 Å². The molecule has 11 heteroatoms. The molecular weight excluding hydrogens is 348 g/mol. The van der Waals surface area contributed by atoms with Crippen molar-refractivity contribution in [1.29, 1.82) is 0 Å². The van der Waals surface area contributed by atoms with Crippen molar-refractivity contribution in [2.24, 2.45) is 11.7 Å². The van der Waals surface area contributed by atoms with Crippen LogP contribution in [0.2, 0.25) is 0 Å². The van der Waals surface area contributed by atoms with Gasteiger partial charge in [-0.15, -0.1) is 0 Å². The van der Waals surface area contributed by atoms with Gasteiger partial charge in [0.2, 0.25) is 0 Å². The third kappa shape index (κ3) is 5.59. The fraction of sp³-hybridized carbons (Fsp3) is 0. The Kier molecular flexibility index (Phi) is 6.20. The molecule has 0 saturated heterocycles. The van der Waals surface area contributed by atoms with Crippen LogP contribution >= 0.6 is 0 Å². The summed E-state index contributed by atoms with van der Waals surface area (Å²) in [6, 6.07) is 9.99. The standard InChI is InChI=1S/C12H10O7S2.H4N2/c13-20(14,15)11-5-1-9(2-6-11)19-10-3-7-12(8-4-10)21(16,17)18;1-2/h1-8H,(H,13,14,15)(H,16,17,18);1-2H2. The van der Waals surface area contributed by atoms with Crippen molar-refractivity contribution in [1.82, 2.24) is 0 Å². The molecule has 23 heavy (non-hydrogen) atoms. The molecule has 0 spiro atoms. The van der Waals surface area contributed by atoms with E-state index in [9.17, 15) is 16.8 Å². The maximum atomic E-state index is 10.9. The molecular formula is C12H14N2O7S2. The second-order valence-electron chi connectivity index (χ2n) is 4.00. The summed E-state index contributed by atoms with van der Waals surface area (Å²) in [4.78, 5) is -0.534. The molecule has 2 rings (SSSR count).